The summed E-state index contributed by atoms with van der Waals surface area (Å²) in [6.45, 7) is 2.62. The van der Waals surface area contributed by atoms with Crippen molar-refractivity contribution in [2.75, 3.05) is 11.9 Å². The van der Waals surface area contributed by atoms with E-state index in [0.29, 0.717) is 17.7 Å². The summed E-state index contributed by atoms with van der Waals surface area (Å²) in [5.74, 6) is 0.790. The molecule has 0 amide bonds. The second-order valence-corrected chi connectivity index (χ2v) is 4.58. The molecule has 0 bridgehead atoms. The molecule has 1 N–H and O–H groups in total. The van der Waals surface area contributed by atoms with Crippen LogP contribution in [0, 0.1) is 0 Å². The van der Waals surface area contributed by atoms with E-state index in [1.807, 2.05) is 25.1 Å². The van der Waals surface area contributed by atoms with Gasteiger partial charge in [0.1, 0.15) is 0 Å². The highest BCUT2D eigenvalue weighted by Gasteiger charge is 2.17. The van der Waals surface area contributed by atoms with Gasteiger partial charge in [0, 0.05) is 6.04 Å². The number of nitrogens with one attached hydrogen (secondary N) is 1. The fourth-order valence-electron chi connectivity index (χ4n) is 2.20. The van der Waals surface area contributed by atoms with Crippen molar-refractivity contribution in [3.63, 3.8) is 0 Å². The standard InChI is InChI=1S/C13H18ClNO/c1-2-16-13-11(14)8-5-9-12(13)15-10-6-3-4-7-10/h5,8-10,15H,2-4,6-7H2,1H3. The monoisotopic (exact) mass is 239 g/mol. The van der Waals surface area contributed by atoms with Crippen LogP contribution in [0.25, 0.3) is 0 Å². The number of benzene rings is 1. The van der Waals surface area contributed by atoms with E-state index in [9.17, 15) is 0 Å². The van der Waals surface area contributed by atoms with E-state index in [1.165, 1.54) is 25.7 Å². The molecule has 0 spiro atoms. The van der Waals surface area contributed by atoms with Gasteiger partial charge >= 0.3 is 0 Å². The molecular weight excluding hydrogens is 222 g/mol. The summed E-state index contributed by atoms with van der Waals surface area (Å²) in [5.41, 5.74) is 1.03. The molecule has 2 rings (SSSR count). The first-order valence-corrected chi connectivity index (χ1v) is 6.37. The quantitative estimate of drug-likeness (QED) is 0.855. The summed E-state index contributed by atoms with van der Waals surface area (Å²) in [7, 11) is 0. The van der Waals surface area contributed by atoms with Crippen LogP contribution in [0.4, 0.5) is 5.69 Å². The second-order valence-electron chi connectivity index (χ2n) is 4.18. The largest absolute Gasteiger partial charge is 0.490 e. The molecule has 16 heavy (non-hydrogen) atoms. The second kappa shape index (κ2) is 5.44. The van der Waals surface area contributed by atoms with Crippen molar-refractivity contribution in [3.8, 4) is 5.75 Å². The number of ether oxygens (including phenoxy) is 1. The van der Waals surface area contributed by atoms with Gasteiger partial charge in [-0.05, 0) is 31.9 Å². The van der Waals surface area contributed by atoms with Gasteiger partial charge in [-0.15, -0.1) is 0 Å². The predicted octanol–water partition coefficient (Wildman–Crippen LogP) is 4.09. The summed E-state index contributed by atoms with van der Waals surface area (Å²) < 4.78 is 5.58. The fourth-order valence-corrected chi connectivity index (χ4v) is 2.43. The van der Waals surface area contributed by atoms with Crippen LogP contribution in [-0.4, -0.2) is 12.6 Å². The fraction of sp³-hybridized carbons (Fsp3) is 0.538. The summed E-state index contributed by atoms with van der Waals surface area (Å²) in [4.78, 5) is 0. The summed E-state index contributed by atoms with van der Waals surface area (Å²) >= 11 is 6.13. The number of para-hydroxylation sites is 1. The van der Waals surface area contributed by atoms with E-state index in [2.05, 4.69) is 5.32 Å². The highest BCUT2D eigenvalue weighted by molar-refractivity contribution is 6.32. The Labute approximate surface area is 102 Å². The van der Waals surface area contributed by atoms with E-state index >= 15 is 0 Å². The maximum atomic E-state index is 6.13. The van der Waals surface area contributed by atoms with Crippen LogP contribution in [0.15, 0.2) is 18.2 Å². The molecule has 3 heteroatoms. The molecule has 1 saturated carbocycles. The number of hydrogen-bond acceptors (Lipinski definition) is 2. The maximum Gasteiger partial charge on any atom is 0.160 e. The van der Waals surface area contributed by atoms with Crippen LogP contribution in [0.2, 0.25) is 5.02 Å². The molecule has 1 aliphatic rings. The first-order chi connectivity index (χ1) is 7.81. The normalized spacial score (nSPS) is 16.4. The Morgan fingerprint density at radius 1 is 1.38 bits per heavy atom. The van der Waals surface area contributed by atoms with Crippen molar-refractivity contribution in [2.24, 2.45) is 0 Å². The van der Waals surface area contributed by atoms with Gasteiger partial charge in [0.05, 0.1) is 17.3 Å². The van der Waals surface area contributed by atoms with Crippen LogP contribution >= 0.6 is 11.6 Å². The zero-order valence-corrected chi connectivity index (χ0v) is 10.4. The summed E-state index contributed by atoms with van der Waals surface area (Å²) in [6, 6.07) is 6.45. The molecule has 0 aliphatic heterocycles. The molecule has 2 nitrogen and oxygen atoms in total. The molecular formula is C13H18ClNO. The van der Waals surface area contributed by atoms with Crippen LogP contribution in [0.5, 0.6) is 5.75 Å². The summed E-state index contributed by atoms with van der Waals surface area (Å²) in [5, 5.41) is 4.21. The van der Waals surface area contributed by atoms with Crippen LogP contribution < -0.4 is 10.1 Å². The Morgan fingerprint density at radius 3 is 2.81 bits per heavy atom. The molecule has 1 aromatic rings. The Kier molecular flexibility index (Phi) is 3.94. The average molecular weight is 240 g/mol. The molecule has 1 fully saturated rings. The third kappa shape index (κ3) is 2.62. The lowest BCUT2D eigenvalue weighted by atomic mass is 10.2. The Bertz CT molecular complexity index is 348. The topological polar surface area (TPSA) is 21.3 Å². The van der Waals surface area contributed by atoms with Gasteiger partial charge in [-0.3, -0.25) is 0 Å². The highest BCUT2D eigenvalue weighted by Crippen LogP contribution is 2.34. The van der Waals surface area contributed by atoms with Crippen LogP contribution in [0.1, 0.15) is 32.6 Å². The molecule has 0 radical (unpaired) electrons. The van der Waals surface area contributed by atoms with E-state index in [1.54, 1.807) is 0 Å². The van der Waals surface area contributed by atoms with Gasteiger partial charge in [0.15, 0.2) is 5.75 Å². The van der Waals surface area contributed by atoms with Crippen molar-refractivity contribution < 1.29 is 4.74 Å². The number of halogens is 1. The van der Waals surface area contributed by atoms with Gasteiger partial charge in [-0.2, -0.15) is 0 Å². The van der Waals surface area contributed by atoms with E-state index < -0.39 is 0 Å². The van der Waals surface area contributed by atoms with Crippen molar-refractivity contribution in [1.29, 1.82) is 0 Å². The molecule has 1 aliphatic carbocycles. The van der Waals surface area contributed by atoms with Crippen molar-refractivity contribution >= 4 is 17.3 Å². The molecule has 0 atom stereocenters. The smallest absolute Gasteiger partial charge is 0.160 e. The van der Waals surface area contributed by atoms with E-state index in [4.69, 9.17) is 16.3 Å². The minimum atomic E-state index is 0.581. The minimum absolute atomic E-state index is 0.581. The number of rotatable bonds is 4. The van der Waals surface area contributed by atoms with Gasteiger partial charge in [0.2, 0.25) is 0 Å². The highest BCUT2D eigenvalue weighted by atomic mass is 35.5. The minimum Gasteiger partial charge on any atom is -0.490 e. The SMILES string of the molecule is CCOc1c(Cl)cccc1NC1CCCC1. The van der Waals surface area contributed by atoms with Crippen molar-refractivity contribution in [2.45, 2.75) is 38.6 Å². The summed E-state index contributed by atoms with van der Waals surface area (Å²) in [6.07, 6.45) is 5.14. The lowest BCUT2D eigenvalue weighted by molar-refractivity contribution is 0.341. The van der Waals surface area contributed by atoms with E-state index in [0.717, 1.165) is 11.4 Å². The predicted molar refractivity (Wildman–Crippen MR) is 68.5 cm³/mol. The van der Waals surface area contributed by atoms with Crippen LogP contribution in [0.3, 0.4) is 0 Å². The Balaban J connectivity index is 2.14. The number of anilines is 1. The zero-order valence-electron chi connectivity index (χ0n) is 9.63. The first-order valence-electron chi connectivity index (χ1n) is 5.99. The van der Waals surface area contributed by atoms with Gasteiger partial charge in [0.25, 0.3) is 0 Å². The maximum absolute atomic E-state index is 6.13. The number of hydrogen-bond donors (Lipinski definition) is 1. The zero-order chi connectivity index (χ0) is 11.4. The lowest BCUT2D eigenvalue weighted by Crippen LogP contribution is -2.15. The molecule has 0 unspecified atom stereocenters. The van der Waals surface area contributed by atoms with Crippen LogP contribution in [-0.2, 0) is 0 Å². The molecule has 88 valence electrons. The average Bonchev–Trinajstić information content (AvgIpc) is 2.76. The lowest BCUT2D eigenvalue weighted by Gasteiger charge is -2.17. The molecule has 0 heterocycles. The van der Waals surface area contributed by atoms with Gasteiger partial charge < -0.3 is 10.1 Å². The van der Waals surface area contributed by atoms with Crippen molar-refractivity contribution in [1.82, 2.24) is 0 Å². The molecule has 0 aromatic heterocycles. The Morgan fingerprint density at radius 2 is 2.12 bits per heavy atom. The molecule has 0 saturated heterocycles. The van der Waals surface area contributed by atoms with Gasteiger partial charge in [-0.25, -0.2) is 0 Å². The Hall–Kier alpha value is -0.890. The van der Waals surface area contributed by atoms with E-state index in [-0.39, 0.29) is 0 Å². The molecule has 1 aromatic carbocycles. The third-order valence-corrected chi connectivity index (χ3v) is 3.27. The van der Waals surface area contributed by atoms with Gasteiger partial charge in [-0.1, -0.05) is 30.5 Å². The van der Waals surface area contributed by atoms with Crippen molar-refractivity contribution in [3.05, 3.63) is 23.2 Å². The first kappa shape index (κ1) is 11.6. The third-order valence-electron chi connectivity index (χ3n) is 2.97.